The van der Waals surface area contributed by atoms with Gasteiger partial charge in [-0.15, -0.1) is 0 Å². The molecule has 0 saturated carbocycles. The third kappa shape index (κ3) is 2.38. The average molecular weight is 295 g/mol. The Bertz CT molecular complexity index is 777. The second-order valence-electron chi connectivity index (χ2n) is 3.79. The SMILES string of the molecule is N=C(N)c1ccc(S(=O)(=O)c2ccc([N+](=O)[O-])cc2)o1. The molecular formula is C11H9N3O5S. The Morgan fingerprint density at radius 1 is 1.20 bits per heavy atom. The number of nitro groups is 1. The van der Waals surface area contributed by atoms with E-state index in [0.29, 0.717) is 0 Å². The van der Waals surface area contributed by atoms with Gasteiger partial charge in [0.2, 0.25) is 14.9 Å². The average Bonchev–Trinajstić information content (AvgIpc) is 2.89. The highest BCUT2D eigenvalue weighted by Gasteiger charge is 2.23. The molecule has 0 aliphatic heterocycles. The number of hydrogen-bond acceptors (Lipinski definition) is 6. The van der Waals surface area contributed by atoms with Gasteiger partial charge in [-0.25, -0.2) is 8.42 Å². The van der Waals surface area contributed by atoms with Gasteiger partial charge in [0.25, 0.3) is 5.69 Å². The van der Waals surface area contributed by atoms with Crippen LogP contribution in [-0.4, -0.2) is 19.2 Å². The molecule has 1 aromatic heterocycles. The second kappa shape index (κ2) is 4.78. The standard InChI is InChI=1S/C11H9N3O5S/c12-11(13)9-5-6-10(19-9)20(17,18)8-3-1-7(2-4-8)14(15)16/h1-6H,(H3,12,13). The Balaban J connectivity index is 2.43. The molecular weight excluding hydrogens is 286 g/mol. The Kier molecular flexibility index (Phi) is 3.28. The van der Waals surface area contributed by atoms with Crippen molar-refractivity contribution in [3.63, 3.8) is 0 Å². The number of nitrogens with two attached hydrogens (primary N) is 1. The molecule has 0 aliphatic carbocycles. The minimum absolute atomic E-state index is 0.0644. The molecule has 8 nitrogen and oxygen atoms in total. The molecule has 0 aliphatic rings. The Morgan fingerprint density at radius 3 is 2.25 bits per heavy atom. The molecule has 20 heavy (non-hydrogen) atoms. The van der Waals surface area contributed by atoms with Gasteiger partial charge in [-0.1, -0.05) is 0 Å². The highest BCUT2D eigenvalue weighted by atomic mass is 32.2. The minimum atomic E-state index is -3.94. The highest BCUT2D eigenvalue weighted by Crippen LogP contribution is 2.24. The molecule has 0 radical (unpaired) electrons. The molecule has 0 unspecified atom stereocenters. The van der Waals surface area contributed by atoms with Gasteiger partial charge in [-0.05, 0) is 24.3 Å². The predicted molar refractivity (Wildman–Crippen MR) is 68.3 cm³/mol. The molecule has 1 aromatic carbocycles. The first-order valence-corrected chi connectivity index (χ1v) is 6.74. The van der Waals surface area contributed by atoms with Crippen molar-refractivity contribution in [1.29, 1.82) is 5.41 Å². The molecule has 0 spiro atoms. The number of amidine groups is 1. The van der Waals surface area contributed by atoms with E-state index in [9.17, 15) is 18.5 Å². The van der Waals surface area contributed by atoms with Crippen LogP contribution in [0.4, 0.5) is 5.69 Å². The first-order chi connectivity index (χ1) is 9.32. The summed E-state index contributed by atoms with van der Waals surface area (Å²) >= 11 is 0. The topological polar surface area (TPSA) is 140 Å². The number of non-ortho nitro benzene ring substituents is 1. The van der Waals surface area contributed by atoms with E-state index < -0.39 is 20.6 Å². The van der Waals surface area contributed by atoms with Gasteiger partial charge in [0.05, 0.1) is 9.82 Å². The molecule has 0 bridgehead atoms. The quantitative estimate of drug-likeness (QED) is 0.377. The van der Waals surface area contributed by atoms with Crippen molar-refractivity contribution in [3.05, 3.63) is 52.3 Å². The predicted octanol–water partition coefficient (Wildman–Crippen LogP) is 1.30. The van der Waals surface area contributed by atoms with Crippen LogP contribution in [0.5, 0.6) is 0 Å². The van der Waals surface area contributed by atoms with E-state index in [1.807, 2.05) is 0 Å². The number of nitrogens with one attached hydrogen (secondary N) is 1. The normalized spacial score (nSPS) is 11.2. The Hall–Kier alpha value is -2.68. The monoisotopic (exact) mass is 295 g/mol. The lowest BCUT2D eigenvalue weighted by atomic mass is 10.3. The van der Waals surface area contributed by atoms with Crippen molar-refractivity contribution in [2.24, 2.45) is 5.73 Å². The van der Waals surface area contributed by atoms with Crippen molar-refractivity contribution in [3.8, 4) is 0 Å². The number of hydrogen-bond donors (Lipinski definition) is 2. The number of rotatable bonds is 4. The Labute approximate surface area is 113 Å². The van der Waals surface area contributed by atoms with Gasteiger partial charge >= 0.3 is 0 Å². The summed E-state index contributed by atoms with van der Waals surface area (Å²) in [6.45, 7) is 0. The van der Waals surface area contributed by atoms with E-state index in [1.54, 1.807) is 0 Å². The molecule has 2 aromatic rings. The largest absolute Gasteiger partial charge is 0.441 e. The van der Waals surface area contributed by atoms with Crippen LogP contribution in [0, 0.1) is 15.5 Å². The van der Waals surface area contributed by atoms with Gasteiger partial charge < -0.3 is 10.2 Å². The van der Waals surface area contributed by atoms with Gasteiger partial charge in [0.15, 0.2) is 11.6 Å². The van der Waals surface area contributed by atoms with E-state index >= 15 is 0 Å². The van der Waals surface area contributed by atoms with Crippen molar-refractivity contribution in [2.75, 3.05) is 0 Å². The van der Waals surface area contributed by atoms with Crippen molar-refractivity contribution in [1.82, 2.24) is 0 Å². The number of benzene rings is 1. The lowest BCUT2D eigenvalue weighted by Crippen LogP contribution is -2.09. The smallest absolute Gasteiger partial charge is 0.269 e. The minimum Gasteiger partial charge on any atom is -0.441 e. The third-order valence-corrected chi connectivity index (χ3v) is 4.11. The van der Waals surface area contributed by atoms with Crippen LogP contribution in [0.25, 0.3) is 0 Å². The van der Waals surface area contributed by atoms with Gasteiger partial charge in [-0.2, -0.15) is 0 Å². The number of furan rings is 1. The number of nitro benzene ring substituents is 1. The van der Waals surface area contributed by atoms with E-state index in [2.05, 4.69) is 0 Å². The summed E-state index contributed by atoms with van der Waals surface area (Å²) in [7, 11) is -3.94. The van der Waals surface area contributed by atoms with Gasteiger partial charge in [0, 0.05) is 12.1 Å². The highest BCUT2D eigenvalue weighted by molar-refractivity contribution is 7.91. The van der Waals surface area contributed by atoms with E-state index in [4.69, 9.17) is 15.6 Å². The lowest BCUT2D eigenvalue weighted by Gasteiger charge is -2.00. The van der Waals surface area contributed by atoms with Crippen LogP contribution in [0.15, 0.2) is 50.8 Å². The number of sulfone groups is 1. The molecule has 9 heteroatoms. The fourth-order valence-corrected chi connectivity index (χ4v) is 2.65. The van der Waals surface area contributed by atoms with Crippen LogP contribution in [0.2, 0.25) is 0 Å². The molecule has 0 saturated heterocycles. The number of nitrogen functional groups attached to an aromatic ring is 1. The molecule has 0 atom stereocenters. The molecule has 2 rings (SSSR count). The maximum atomic E-state index is 12.2. The zero-order chi connectivity index (χ0) is 14.9. The Morgan fingerprint density at radius 2 is 1.80 bits per heavy atom. The van der Waals surface area contributed by atoms with Crippen molar-refractivity contribution < 1.29 is 17.8 Å². The summed E-state index contributed by atoms with van der Waals surface area (Å²) in [6.07, 6.45) is 0. The summed E-state index contributed by atoms with van der Waals surface area (Å²) in [5, 5.41) is 17.3. The van der Waals surface area contributed by atoms with Crippen LogP contribution in [-0.2, 0) is 9.84 Å². The fourth-order valence-electron chi connectivity index (χ4n) is 1.47. The summed E-state index contributed by atoms with van der Waals surface area (Å²) < 4.78 is 29.3. The number of nitrogens with zero attached hydrogens (tertiary/aromatic N) is 1. The molecule has 104 valence electrons. The molecule has 1 heterocycles. The van der Waals surface area contributed by atoms with Crippen LogP contribution in [0.1, 0.15) is 5.76 Å². The zero-order valence-corrected chi connectivity index (χ0v) is 10.8. The molecule has 0 amide bonds. The summed E-state index contributed by atoms with van der Waals surface area (Å²) in [5.74, 6) is -0.458. The van der Waals surface area contributed by atoms with Crippen molar-refractivity contribution in [2.45, 2.75) is 9.99 Å². The third-order valence-electron chi connectivity index (χ3n) is 2.47. The molecule has 0 fully saturated rings. The second-order valence-corrected chi connectivity index (χ2v) is 5.67. The van der Waals surface area contributed by atoms with E-state index in [-0.39, 0.29) is 21.4 Å². The zero-order valence-electron chi connectivity index (χ0n) is 9.94. The van der Waals surface area contributed by atoms with Gasteiger partial charge in [-0.3, -0.25) is 15.5 Å². The molecule has 3 N–H and O–H groups in total. The summed E-state index contributed by atoms with van der Waals surface area (Å²) in [5.41, 5.74) is 4.97. The lowest BCUT2D eigenvalue weighted by molar-refractivity contribution is -0.384. The maximum Gasteiger partial charge on any atom is 0.269 e. The summed E-state index contributed by atoms with van der Waals surface area (Å²) in [6, 6.07) is 6.84. The van der Waals surface area contributed by atoms with Crippen molar-refractivity contribution >= 4 is 21.4 Å². The first kappa shape index (κ1) is 13.7. The van der Waals surface area contributed by atoms with Gasteiger partial charge in [0.1, 0.15) is 0 Å². The first-order valence-electron chi connectivity index (χ1n) is 5.26. The van der Waals surface area contributed by atoms with E-state index in [1.165, 1.54) is 12.1 Å². The maximum absolute atomic E-state index is 12.2. The van der Waals surface area contributed by atoms with Crippen LogP contribution < -0.4 is 5.73 Å². The fraction of sp³-hybridized carbons (Fsp3) is 0. The van der Waals surface area contributed by atoms with Crippen LogP contribution in [0.3, 0.4) is 0 Å². The van der Waals surface area contributed by atoms with Crippen LogP contribution >= 0.6 is 0 Å². The van der Waals surface area contributed by atoms with E-state index in [0.717, 1.165) is 24.3 Å². The summed E-state index contributed by atoms with van der Waals surface area (Å²) in [4.78, 5) is 9.74.